The zero-order valence-electron chi connectivity index (χ0n) is 12.7. The molecule has 0 aliphatic carbocycles. The van der Waals surface area contributed by atoms with Crippen molar-refractivity contribution in [3.63, 3.8) is 0 Å². The average molecular weight is 273 g/mol. The highest BCUT2D eigenvalue weighted by Crippen LogP contribution is 2.10. The summed E-state index contributed by atoms with van der Waals surface area (Å²) in [4.78, 5) is 11.8. The second-order valence-corrected chi connectivity index (χ2v) is 5.49. The number of carbonyl (C=O) groups is 1. The minimum absolute atomic E-state index is 0.0185. The van der Waals surface area contributed by atoms with Gasteiger partial charge in [-0.1, -0.05) is 19.9 Å². The normalized spacial score (nSPS) is 12.0. The summed E-state index contributed by atoms with van der Waals surface area (Å²) >= 11 is 0. The van der Waals surface area contributed by atoms with Crippen LogP contribution in [0.15, 0.2) is 18.2 Å². The van der Waals surface area contributed by atoms with Crippen LogP contribution in [0.5, 0.6) is 0 Å². The van der Waals surface area contributed by atoms with E-state index in [1.807, 2.05) is 26.0 Å². The predicted octanol–water partition coefficient (Wildman–Crippen LogP) is 2.12. The van der Waals surface area contributed by atoms with Gasteiger partial charge in [-0.2, -0.15) is 5.26 Å². The van der Waals surface area contributed by atoms with Gasteiger partial charge in [-0.05, 0) is 43.0 Å². The molecular formula is C16H23N3O. The monoisotopic (exact) mass is 273 g/mol. The van der Waals surface area contributed by atoms with Gasteiger partial charge in [-0.15, -0.1) is 0 Å². The topological polar surface area (TPSA) is 64.9 Å². The third kappa shape index (κ3) is 5.02. The van der Waals surface area contributed by atoms with Crippen molar-refractivity contribution < 1.29 is 4.79 Å². The molecule has 1 rings (SSSR count). The van der Waals surface area contributed by atoms with Crippen molar-refractivity contribution >= 4 is 5.91 Å². The van der Waals surface area contributed by atoms with Crippen LogP contribution in [0.4, 0.5) is 0 Å². The molecule has 4 nitrogen and oxygen atoms in total. The van der Waals surface area contributed by atoms with Gasteiger partial charge in [0.25, 0.3) is 0 Å². The Morgan fingerprint density at radius 1 is 1.35 bits per heavy atom. The number of carbonyl (C=O) groups excluding carboxylic acids is 1. The summed E-state index contributed by atoms with van der Waals surface area (Å²) < 4.78 is 0. The van der Waals surface area contributed by atoms with E-state index < -0.39 is 0 Å². The third-order valence-corrected chi connectivity index (χ3v) is 3.15. The lowest BCUT2D eigenvalue weighted by molar-refractivity contribution is -0.122. The number of aryl methyl sites for hydroxylation is 1. The Balaban J connectivity index is 2.50. The van der Waals surface area contributed by atoms with E-state index in [1.54, 1.807) is 6.07 Å². The molecule has 20 heavy (non-hydrogen) atoms. The van der Waals surface area contributed by atoms with E-state index in [4.69, 9.17) is 5.26 Å². The van der Waals surface area contributed by atoms with Crippen molar-refractivity contribution in [1.29, 1.82) is 5.26 Å². The molecule has 0 bridgehead atoms. The number of amides is 1. The van der Waals surface area contributed by atoms with Gasteiger partial charge < -0.3 is 10.6 Å². The molecule has 4 heteroatoms. The van der Waals surface area contributed by atoms with Crippen LogP contribution >= 0.6 is 0 Å². The molecular weight excluding hydrogens is 250 g/mol. The van der Waals surface area contributed by atoms with E-state index in [1.165, 1.54) is 0 Å². The summed E-state index contributed by atoms with van der Waals surface area (Å²) in [5.41, 5.74) is 2.83. The van der Waals surface area contributed by atoms with Gasteiger partial charge >= 0.3 is 0 Å². The van der Waals surface area contributed by atoms with Crippen molar-refractivity contribution in [1.82, 2.24) is 10.6 Å². The standard InChI is InChI=1S/C16H23N3O/c1-11(2)9-19-16(20)13(4)18-10-15-6-5-14(8-17)7-12(15)3/h5-7,11,13,18H,9-10H2,1-4H3,(H,19,20). The fraction of sp³-hybridized carbons (Fsp3) is 0.500. The van der Waals surface area contributed by atoms with Gasteiger partial charge in [0, 0.05) is 13.1 Å². The molecule has 0 saturated heterocycles. The molecule has 0 saturated carbocycles. The molecule has 2 N–H and O–H groups in total. The molecule has 0 spiro atoms. The molecule has 0 fully saturated rings. The largest absolute Gasteiger partial charge is 0.354 e. The van der Waals surface area contributed by atoms with E-state index >= 15 is 0 Å². The van der Waals surface area contributed by atoms with Crippen molar-refractivity contribution in [3.8, 4) is 6.07 Å². The van der Waals surface area contributed by atoms with Gasteiger partial charge in [0.1, 0.15) is 0 Å². The van der Waals surface area contributed by atoms with E-state index in [9.17, 15) is 4.79 Å². The van der Waals surface area contributed by atoms with Crippen molar-refractivity contribution in [2.75, 3.05) is 6.54 Å². The third-order valence-electron chi connectivity index (χ3n) is 3.15. The van der Waals surface area contributed by atoms with Crippen molar-refractivity contribution in [2.24, 2.45) is 5.92 Å². The Kier molecular flexibility index (Phi) is 6.20. The quantitative estimate of drug-likeness (QED) is 0.834. The summed E-state index contributed by atoms with van der Waals surface area (Å²) in [5, 5.41) is 14.9. The van der Waals surface area contributed by atoms with E-state index in [2.05, 4.69) is 30.6 Å². The minimum atomic E-state index is -0.233. The zero-order valence-corrected chi connectivity index (χ0v) is 12.7. The van der Waals surface area contributed by atoms with Crippen LogP contribution in [0.25, 0.3) is 0 Å². The lowest BCUT2D eigenvalue weighted by Gasteiger charge is -2.16. The number of nitrogens with zero attached hydrogens (tertiary/aromatic N) is 1. The maximum Gasteiger partial charge on any atom is 0.236 e. The van der Waals surface area contributed by atoms with Crippen LogP contribution in [0.1, 0.15) is 37.5 Å². The Morgan fingerprint density at radius 2 is 2.05 bits per heavy atom. The van der Waals surface area contributed by atoms with Gasteiger partial charge in [0.15, 0.2) is 0 Å². The number of rotatable bonds is 6. The lowest BCUT2D eigenvalue weighted by Crippen LogP contribution is -2.43. The number of hydrogen-bond acceptors (Lipinski definition) is 3. The summed E-state index contributed by atoms with van der Waals surface area (Å²) in [6.45, 7) is 9.28. The first-order chi connectivity index (χ1) is 9.43. The minimum Gasteiger partial charge on any atom is -0.354 e. The van der Waals surface area contributed by atoms with Gasteiger partial charge in [-0.25, -0.2) is 0 Å². The van der Waals surface area contributed by atoms with Crippen LogP contribution in [-0.4, -0.2) is 18.5 Å². The summed E-state index contributed by atoms with van der Waals surface area (Å²) in [6, 6.07) is 7.48. The first-order valence-electron chi connectivity index (χ1n) is 6.94. The Labute approximate surface area is 121 Å². The lowest BCUT2D eigenvalue weighted by atomic mass is 10.1. The van der Waals surface area contributed by atoms with Crippen LogP contribution in [0.3, 0.4) is 0 Å². The molecule has 0 heterocycles. The van der Waals surface area contributed by atoms with E-state index in [-0.39, 0.29) is 11.9 Å². The molecule has 0 aliphatic heterocycles. The fourth-order valence-corrected chi connectivity index (χ4v) is 1.78. The smallest absolute Gasteiger partial charge is 0.236 e. The average Bonchev–Trinajstić information content (AvgIpc) is 2.42. The second-order valence-electron chi connectivity index (χ2n) is 5.49. The van der Waals surface area contributed by atoms with Crippen LogP contribution in [0, 0.1) is 24.2 Å². The second kappa shape index (κ2) is 7.66. The van der Waals surface area contributed by atoms with E-state index in [0.29, 0.717) is 24.6 Å². The number of nitrogens with one attached hydrogen (secondary N) is 2. The Hall–Kier alpha value is -1.86. The molecule has 1 aromatic rings. The highest BCUT2D eigenvalue weighted by molar-refractivity contribution is 5.81. The highest BCUT2D eigenvalue weighted by Gasteiger charge is 2.12. The zero-order chi connectivity index (χ0) is 15.1. The molecule has 1 aromatic carbocycles. The van der Waals surface area contributed by atoms with Crippen molar-refractivity contribution in [3.05, 3.63) is 34.9 Å². The van der Waals surface area contributed by atoms with Gasteiger partial charge in [-0.3, -0.25) is 4.79 Å². The molecule has 0 aliphatic rings. The van der Waals surface area contributed by atoms with Crippen LogP contribution in [0.2, 0.25) is 0 Å². The highest BCUT2D eigenvalue weighted by atomic mass is 16.2. The number of benzene rings is 1. The molecule has 1 unspecified atom stereocenters. The number of nitriles is 1. The van der Waals surface area contributed by atoms with Crippen LogP contribution in [-0.2, 0) is 11.3 Å². The maximum absolute atomic E-state index is 11.8. The van der Waals surface area contributed by atoms with E-state index in [0.717, 1.165) is 11.1 Å². The summed E-state index contributed by atoms with van der Waals surface area (Å²) in [5.74, 6) is 0.469. The Morgan fingerprint density at radius 3 is 2.60 bits per heavy atom. The maximum atomic E-state index is 11.8. The molecule has 1 amide bonds. The summed E-state index contributed by atoms with van der Waals surface area (Å²) in [6.07, 6.45) is 0. The predicted molar refractivity (Wildman–Crippen MR) is 80.0 cm³/mol. The first kappa shape index (κ1) is 16.2. The number of hydrogen-bond donors (Lipinski definition) is 2. The molecule has 1 atom stereocenters. The first-order valence-corrected chi connectivity index (χ1v) is 6.94. The van der Waals surface area contributed by atoms with Crippen LogP contribution < -0.4 is 10.6 Å². The Bertz CT molecular complexity index is 503. The molecule has 108 valence electrons. The SMILES string of the molecule is Cc1cc(C#N)ccc1CNC(C)C(=O)NCC(C)C. The molecule has 0 radical (unpaired) electrons. The van der Waals surface area contributed by atoms with Crippen molar-refractivity contribution in [2.45, 2.75) is 40.3 Å². The van der Waals surface area contributed by atoms with Gasteiger partial charge in [0.2, 0.25) is 5.91 Å². The molecule has 0 aromatic heterocycles. The van der Waals surface area contributed by atoms with Gasteiger partial charge in [0.05, 0.1) is 17.7 Å². The summed E-state index contributed by atoms with van der Waals surface area (Å²) in [7, 11) is 0. The fourth-order valence-electron chi connectivity index (χ4n) is 1.78.